The standard InChI is InChI=1S/C28H32F5N7O2/c1-3-16-13-23-36-21(15-40(23)38-20(16)12-18-11-19(28(31,32)33)14-34-25(18)41)24(17-5-8-27(29,30)9-6-17)37-26(42)22-7-10-35-39(22)4-2/h3,7,10,13,15,17-19,24H,1,4-6,8-9,11-12,14H2,2H3,(H,34,41)(H,37,42)/t18?,19-,24?/m1/s1. The Hall–Kier alpha value is -3.84. The van der Waals surface area contributed by atoms with Crippen LogP contribution < -0.4 is 10.6 Å². The number of aryl methyl sites for hydroxylation is 1. The molecule has 1 aliphatic heterocycles. The minimum Gasteiger partial charge on any atom is -0.355 e. The highest BCUT2D eigenvalue weighted by Gasteiger charge is 2.45. The number of carbonyl (C=O) groups excluding carboxylic acids is 2. The van der Waals surface area contributed by atoms with Gasteiger partial charge in [0, 0.05) is 50.0 Å². The van der Waals surface area contributed by atoms with Crippen molar-refractivity contribution in [1.82, 2.24) is 35.0 Å². The summed E-state index contributed by atoms with van der Waals surface area (Å²) in [5.41, 5.74) is 1.99. The zero-order chi connectivity index (χ0) is 30.2. The van der Waals surface area contributed by atoms with E-state index in [1.54, 1.807) is 18.3 Å². The summed E-state index contributed by atoms with van der Waals surface area (Å²) in [7, 11) is 0. The van der Waals surface area contributed by atoms with Crippen LogP contribution in [-0.4, -0.2) is 54.8 Å². The summed E-state index contributed by atoms with van der Waals surface area (Å²) < 4.78 is 71.1. The topological polar surface area (TPSA) is 106 Å². The number of piperidine rings is 1. The summed E-state index contributed by atoms with van der Waals surface area (Å²) in [6.45, 7) is 5.63. The number of halogens is 5. The second-order valence-corrected chi connectivity index (χ2v) is 11.0. The number of nitrogens with zero attached hydrogens (tertiary/aromatic N) is 5. The molecule has 0 aromatic carbocycles. The van der Waals surface area contributed by atoms with Gasteiger partial charge in [-0.3, -0.25) is 14.3 Å². The Bertz CT molecular complexity index is 1470. The fraction of sp³-hybridized carbons (Fsp3) is 0.536. The maximum Gasteiger partial charge on any atom is 0.393 e. The third-order valence-corrected chi connectivity index (χ3v) is 8.25. The summed E-state index contributed by atoms with van der Waals surface area (Å²) in [5.74, 6) is -6.56. The summed E-state index contributed by atoms with van der Waals surface area (Å²) in [6, 6.07) is 2.52. The SMILES string of the molecule is C=Cc1cc2nc(C(NC(=O)c3ccnn3CC)C3CCC(F)(F)CC3)cn2nc1CC1C[C@@H](C(F)(F)F)CNC1=O. The number of hydrogen-bond acceptors (Lipinski definition) is 5. The second kappa shape index (κ2) is 11.4. The highest BCUT2D eigenvalue weighted by Crippen LogP contribution is 2.41. The van der Waals surface area contributed by atoms with E-state index in [-0.39, 0.29) is 44.4 Å². The number of carbonyl (C=O) groups is 2. The first-order chi connectivity index (χ1) is 19.9. The predicted molar refractivity (Wildman–Crippen MR) is 142 cm³/mol. The number of fused-ring (bicyclic) bond motifs is 1. The maximum absolute atomic E-state index is 14.0. The van der Waals surface area contributed by atoms with Crippen LogP contribution in [0.2, 0.25) is 0 Å². The molecular weight excluding hydrogens is 561 g/mol. The summed E-state index contributed by atoms with van der Waals surface area (Å²) in [5, 5.41) is 14.0. The van der Waals surface area contributed by atoms with Crippen LogP contribution in [0, 0.1) is 17.8 Å². The Kier molecular flexibility index (Phi) is 8.08. The van der Waals surface area contributed by atoms with Crippen LogP contribution in [0.3, 0.4) is 0 Å². The van der Waals surface area contributed by atoms with Gasteiger partial charge in [-0.2, -0.15) is 23.4 Å². The van der Waals surface area contributed by atoms with E-state index in [2.05, 4.69) is 32.4 Å². The lowest BCUT2D eigenvalue weighted by atomic mass is 9.81. The largest absolute Gasteiger partial charge is 0.393 e. The quantitative estimate of drug-likeness (QED) is 0.367. The molecule has 0 bridgehead atoms. The van der Waals surface area contributed by atoms with E-state index in [1.807, 2.05) is 6.92 Å². The molecule has 2 aliphatic rings. The van der Waals surface area contributed by atoms with Crippen molar-refractivity contribution in [2.75, 3.05) is 6.54 Å². The van der Waals surface area contributed by atoms with Gasteiger partial charge in [-0.25, -0.2) is 18.3 Å². The molecule has 226 valence electrons. The lowest BCUT2D eigenvalue weighted by molar-refractivity contribution is -0.183. The van der Waals surface area contributed by atoms with Crippen molar-refractivity contribution < 1.29 is 31.5 Å². The van der Waals surface area contributed by atoms with Crippen molar-refractivity contribution in [3.05, 3.63) is 53.8 Å². The van der Waals surface area contributed by atoms with Gasteiger partial charge in [0.2, 0.25) is 11.8 Å². The lowest BCUT2D eigenvalue weighted by Crippen LogP contribution is -2.47. The molecule has 2 unspecified atom stereocenters. The number of rotatable bonds is 8. The molecule has 14 heteroatoms. The van der Waals surface area contributed by atoms with Gasteiger partial charge in [0.1, 0.15) is 5.69 Å². The van der Waals surface area contributed by atoms with Crippen molar-refractivity contribution in [2.45, 2.75) is 70.1 Å². The monoisotopic (exact) mass is 593 g/mol. The molecule has 5 rings (SSSR count). The van der Waals surface area contributed by atoms with Crippen LogP contribution in [-0.2, 0) is 17.8 Å². The van der Waals surface area contributed by atoms with Gasteiger partial charge in [0.05, 0.1) is 29.5 Å². The van der Waals surface area contributed by atoms with Crippen LogP contribution in [0.15, 0.2) is 31.1 Å². The van der Waals surface area contributed by atoms with Gasteiger partial charge in [-0.15, -0.1) is 0 Å². The van der Waals surface area contributed by atoms with Crippen molar-refractivity contribution in [1.29, 1.82) is 0 Å². The van der Waals surface area contributed by atoms with E-state index >= 15 is 0 Å². The zero-order valence-electron chi connectivity index (χ0n) is 23.0. The molecule has 1 saturated heterocycles. The van der Waals surface area contributed by atoms with E-state index in [0.29, 0.717) is 34.8 Å². The molecule has 3 atom stereocenters. The molecule has 0 spiro atoms. The summed E-state index contributed by atoms with van der Waals surface area (Å²) in [6.07, 6.45) is -0.512. The first-order valence-electron chi connectivity index (χ1n) is 13.9. The van der Waals surface area contributed by atoms with Gasteiger partial charge in [0.25, 0.3) is 5.91 Å². The first kappa shape index (κ1) is 29.6. The average molecular weight is 594 g/mol. The normalized spacial score (nSPS) is 22.1. The number of alkyl halides is 5. The molecule has 3 aromatic heterocycles. The van der Waals surface area contributed by atoms with Crippen molar-refractivity contribution >= 4 is 23.5 Å². The van der Waals surface area contributed by atoms with Gasteiger partial charge >= 0.3 is 6.18 Å². The second-order valence-electron chi connectivity index (χ2n) is 11.0. The molecule has 0 radical (unpaired) electrons. The average Bonchev–Trinajstić information content (AvgIpc) is 3.58. The van der Waals surface area contributed by atoms with Crippen molar-refractivity contribution in [3.63, 3.8) is 0 Å². The molecule has 1 saturated carbocycles. The summed E-state index contributed by atoms with van der Waals surface area (Å²) >= 11 is 0. The molecule has 42 heavy (non-hydrogen) atoms. The molecule has 3 aromatic rings. The Labute approximate surface area is 238 Å². The zero-order valence-corrected chi connectivity index (χ0v) is 23.0. The van der Waals surface area contributed by atoms with E-state index in [9.17, 15) is 31.5 Å². The number of aromatic nitrogens is 5. The van der Waals surface area contributed by atoms with Crippen LogP contribution in [0.1, 0.15) is 72.5 Å². The molecule has 2 fully saturated rings. The molecular formula is C28H32F5N7O2. The predicted octanol–water partition coefficient (Wildman–Crippen LogP) is 4.74. The van der Waals surface area contributed by atoms with Crippen LogP contribution in [0.5, 0.6) is 0 Å². The third-order valence-electron chi connectivity index (χ3n) is 8.25. The minimum atomic E-state index is -4.43. The van der Waals surface area contributed by atoms with Gasteiger partial charge in [-0.1, -0.05) is 12.7 Å². The highest BCUT2D eigenvalue weighted by molar-refractivity contribution is 5.92. The Morgan fingerprint density at radius 2 is 2.05 bits per heavy atom. The Balaban J connectivity index is 1.46. The van der Waals surface area contributed by atoms with Gasteiger partial charge < -0.3 is 10.6 Å². The molecule has 9 nitrogen and oxygen atoms in total. The van der Waals surface area contributed by atoms with Gasteiger partial charge in [0.15, 0.2) is 5.65 Å². The number of nitrogens with one attached hydrogen (secondary N) is 2. The lowest BCUT2D eigenvalue weighted by Gasteiger charge is -2.33. The van der Waals surface area contributed by atoms with Crippen LogP contribution in [0.4, 0.5) is 22.0 Å². The maximum atomic E-state index is 14.0. The molecule has 2 N–H and O–H groups in total. The number of imidazole rings is 1. The smallest absolute Gasteiger partial charge is 0.355 e. The fourth-order valence-corrected chi connectivity index (χ4v) is 5.86. The molecule has 1 aliphatic carbocycles. The van der Waals surface area contributed by atoms with Gasteiger partial charge in [-0.05, 0) is 44.2 Å². The van der Waals surface area contributed by atoms with E-state index in [4.69, 9.17) is 0 Å². The molecule has 2 amide bonds. The highest BCUT2D eigenvalue weighted by atomic mass is 19.4. The fourth-order valence-electron chi connectivity index (χ4n) is 5.86. The first-order valence-corrected chi connectivity index (χ1v) is 13.9. The Morgan fingerprint density at radius 1 is 1.31 bits per heavy atom. The van der Waals surface area contributed by atoms with Crippen LogP contribution in [0.25, 0.3) is 11.7 Å². The Morgan fingerprint density at radius 3 is 2.71 bits per heavy atom. The van der Waals surface area contributed by atoms with E-state index in [0.717, 1.165) is 0 Å². The van der Waals surface area contributed by atoms with E-state index in [1.165, 1.54) is 21.5 Å². The third kappa shape index (κ3) is 6.16. The number of amides is 2. The van der Waals surface area contributed by atoms with E-state index < -0.39 is 48.3 Å². The van der Waals surface area contributed by atoms with Crippen LogP contribution >= 0.6 is 0 Å². The molecule has 4 heterocycles. The summed E-state index contributed by atoms with van der Waals surface area (Å²) in [4.78, 5) is 30.4. The van der Waals surface area contributed by atoms with Crippen molar-refractivity contribution in [3.8, 4) is 0 Å². The number of hydrogen-bond donors (Lipinski definition) is 2. The van der Waals surface area contributed by atoms with Crippen molar-refractivity contribution in [2.24, 2.45) is 17.8 Å². The minimum absolute atomic E-state index is 0.0396.